The van der Waals surface area contributed by atoms with Crippen molar-refractivity contribution < 1.29 is 9.59 Å². The first-order chi connectivity index (χ1) is 10.7. The third-order valence-electron chi connectivity index (χ3n) is 4.30. The number of carbonyl (C=O) groups is 2. The van der Waals surface area contributed by atoms with E-state index >= 15 is 0 Å². The summed E-state index contributed by atoms with van der Waals surface area (Å²) in [6, 6.07) is 7.95. The molecule has 1 saturated carbocycles. The van der Waals surface area contributed by atoms with Crippen molar-refractivity contribution in [1.82, 2.24) is 24.8 Å². The summed E-state index contributed by atoms with van der Waals surface area (Å²) in [7, 11) is 0. The first kappa shape index (κ1) is 13.2. The number of hydrogen-bond donors (Lipinski definition) is 0. The molecule has 2 aliphatic rings. The Bertz CT molecular complexity index is 736. The zero-order valence-corrected chi connectivity index (χ0v) is 12.2. The fraction of sp³-hybridized carbons (Fsp3) is 0.467. The van der Waals surface area contributed by atoms with Crippen LogP contribution in [0.1, 0.15) is 12.8 Å². The zero-order chi connectivity index (χ0) is 15.1. The van der Waals surface area contributed by atoms with Crippen LogP contribution >= 0.6 is 0 Å². The molecule has 22 heavy (non-hydrogen) atoms. The van der Waals surface area contributed by atoms with Crippen molar-refractivity contribution in [2.45, 2.75) is 25.4 Å². The highest BCUT2D eigenvalue weighted by molar-refractivity contribution is 5.87. The molecule has 1 saturated heterocycles. The summed E-state index contributed by atoms with van der Waals surface area (Å²) in [5.74, 6) is -0.0231. The number of hydrogen-bond acceptors (Lipinski definition) is 4. The van der Waals surface area contributed by atoms with E-state index in [1.165, 1.54) is 0 Å². The molecule has 0 bridgehead atoms. The van der Waals surface area contributed by atoms with E-state index in [-0.39, 0.29) is 24.9 Å². The van der Waals surface area contributed by atoms with Crippen molar-refractivity contribution in [2.24, 2.45) is 0 Å². The molecule has 0 N–H and O–H groups in total. The second-order valence-corrected chi connectivity index (χ2v) is 5.87. The van der Waals surface area contributed by atoms with Gasteiger partial charge in [-0.3, -0.25) is 9.59 Å². The summed E-state index contributed by atoms with van der Waals surface area (Å²) in [6.45, 7) is 1.56. The van der Waals surface area contributed by atoms with E-state index in [4.69, 9.17) is 0 Å². The average molecular weight is 299 g/mol. The van der Waals surface area contributed by atoms with Crippen LogP contribution < -0.4 is 0 Å². The number of rotatable bonds is 3. The van der Waals surface area contributed by atoms with Crippen LogP contribution in [0.3, 0.4) is 0 Å². The first-order valence-corrected chi connectivity index (χ1v) is 7.58. The molecule has 1 aliphatic heterocycles. The van der Waals surface area contributed by atoms with E-state index in [2.05, 4.69) is 10.3 Å². The Morgan fingerprint density at radius 2 is 2.05 bits per heavy atom. The van der Waals surface area contributed by atoms with E-state index in [9.17, 15) is 9.59 Å². The van der Waals surface area contributed by atoms with Gasteiger partial charge >= 0.3 is 0 Å². The first-order valence-electron chi connectivity index (χ1n) is 7.58. The maximum atomic E-state index is 12.4. The molecule has 0 radical (unpaired) electrons. The van der Waals surface area contributed by atoms with E-state index in [1.54, 1.807) is 9.58 Å². The fourth-order valence-electron chi connectivity index (χ4n) is 2.93. The van der Waals surface area contributed by atoms with Gasteiger partial charge in [0.15, 0.2) is 0 Å². The Labute approximate surface area is 127 Å². The lowest BCUT2D eigenvalue weighted by Gasteiger charge is -2.34. The number of fused-ring (bicyclic) bond motifs is 1. The van der Waals surface area contributed by atoms with Gasteiger partial charge in [0.25, 0.3) is 0 Å². The molecular weight excluding hydrogens is 282 g/mol. The molecule has 0 unspecified atom stereocenters. The summed E-state index contributed by atoms with van der Waals surface area (Å²) in [5, 5.41) is 8.07. The van der Waals surface area contributed by atoms with Gasteiger partial charge in [-0.2, -0.15) is 0 Å². The van der Waals surface area contributed by atoms with Crippen LogP contribution in [-0.2, 0) is 16.1 Å². The minimum Gasteiger partial charge on any atom is -0.336 e. The van der Waals surface area contributed by atoms with Gasteiger partial charge in [0.05, 0.1) is 12.1 Å². The van der Waals surface area contributed by atoms with Crippen LogP contribution in [0.25, 0.3) is 11.0 Å². The van der Waals surface area contributed by atoms with E-state index in [0.717, 1.165) is 23.9 Å². The predicted molar refractivity (Wildman–Crippen MR) is 78.8 cm³/mol. The topological polar surface area (TPSA) is 71.3 Å². The van der Waals surface area contributed by atoms with Gasteiger partial charge in [-0.1, -0.05) is 17.3 Å². The molecule has 1 aliphatic carbocycles. The SMILES string of the molecule is O=C(Cn1nnc2ccccc21)N1CCN(C2CC2)C(=O)C1. The minimum absolute atomic E-state index is 0.0607. The standard InChI is InChI=1S/C15H17N5O2/c21-14(10-20-13-4-2-1-3-12(13)16-17-20)18-7-8-19(11-5-6-11)15(22)9-18/h1-4,11H,5-10H2. The largest absolute Gasteiger partial charge is 0.336 e. The molecule has 0 atom stereocenters. The summed E-state index contributed by atoms with van der Waals surface area (Å²) in [5.41, 5.74) is 1.60. The number of aromatic nitrogens is 3. The Morgan fingerprint density at radius 1 is 1.23 bits per heavy atom. The van der Waals surface area contributed by atoms with Gasteiger partial charge in [0.1, 0.15) is 12.1 Å². The maximum absolute atomic E-state index is 12.4. The molecule has 2 fully saturated rings. The number of carbonyl (C=O) groups excluding carboxylic acids is 2. The normalized spacial score (nSPS) is 19.0. The molecule has 2 heterocycles. The highest BCUT2D eigenvalue weighted by Crippen LogP contribution is 2.28. The zero-order valence-electron chi connectivity index (χ0n) is 12.2. The van der Waals surface area contributed by atoms with Crippen LogP contribution in [0.2, 0.25) is 0 Å². The van der Waals surface area contributed by atoms with E-state index < -0.39 is 0 Å². The quantitative estimate of drug-likeness (QED) is 0.815. The molecule has 7 nitrogen and oxygen atoms in total. The lowest BCUT2D eigenvalue weighted by Crippen LogP contribution is -2.53. The number of nitrogens with zero attached hydrogens (tertiary/aromatic N) is 5. The Kier molecular flexibility index (Phi) is 3.06. The Balaban J connectivity index is 1.45. The van der Waals surface area contributed by atoms with Crippen molar-refractivity contribution in [2.75, 3.05) is 19.6 Å². The number of para-hydroxylation sites is 1. The monoisotopic (exact) mass is 299 g/mol. The predicted octanol–water partition coefficient (Wildman–Crippen LogP) is 0.264. The Morgan fingerprint density at radius 3 is 2.82 bits per heavy atom. The number of amides is 2. The van der Waals surface area contributed by atoms with Crippen molar-refractivity contribution in [1.29, 1.82) is 0 Å². The van der Waals surface area contributed by atoms with Crippen LogP contribution in [0.15, 0.2) is 24.3 Å². The van der Waals surface area contributed by atoms with Gasteiger partial charge in [-0.05, 0) is 25.0 Å². The van der Waals surface area contributed by atoms with E-state index in [1.807, 2.05) is 29.2 Å². The highest BCUT2D eigenvalue weighted by atomic mass is 16.2. The van der Waals surface area contributed by atoms with Gasteiger partial charge in [0.2, 0.25) is 11.8 Å². The second kappa shape index (κ2) is 5.08. The summed E-state index contributed by atoms with van der Waals surface area (Å²) >= 11 is 0. The summed E-state index contributed by atoms with van der Waals surface area (Å²) < 4.78 is 1.59. The van der Waals surface area contributed by atoms with Crippen molar-refractivity contribution in [3.8, 4) is 0 Å². The number of piperazine rings is 1. The molecule has 4 rings (SSSR count). The third kappa shape index (κ3) is 2.32. The lowest BCUT2D eigenvalue weighted by molar-refractivity contribution is -0.146. The average Bonchev–Trinajstić information content (AvgIpc) is 3.29. The minimum atomic E-state index is -0.0838. The second-order valence-electron chi connectivity index (χ2n) is 5.87. The Hall–Kier alpha value is -2.44. The van der Waals surface area contributed by atoms with Gasteiger partial charge in [-0.25, -0.2) is 4.68 Å². The van der Waals surface area contributed by atoms with Gasteiger partial charge in [-0.15, -0.1) is 5.10 Å². The molecule has 7 heteroatoms. The fourth-order valence-corrected chi connectivity index (χ4v) is 2.93. The van der Waals surface area contributed by atoms with Crippen molar-refractivity contribution in [3.63, 3.8) is 0 Å². The molecule has 0 spiro atoms. The molecule has 2 aromatic rings. The van der Waals surface area contributed by atoms with E-state index in [0.29, 0.717) is 19.1 Å². The van der Waals surface area contributed by atoms with Gasteiger partial charge < -0.3 is 9.80 Å². The lowest BCUT2D eigenvalue weighted by atomic mass is 10.3. The van der Waals surface area contributed by atoms with Crippen LogP contribution in [0.4, 0.5) is 0 Å². The van der Waals surface area contributed by atoms with Crippen LogP contribution in [-0.4, -0.2) is 62.3 Å². The summed E-state index contributed by atoms with van der Waals surface area (Å²) in [6.07, 6.45) is 2.20. The smallest absolute Gasteiger partial charge is 0.244 e. The molecule has 1 aromatic carbocycles. The molecule has 114 valence electrons. The van der Waals surface area contributed by atoms with Crippen molar-refractivity contribution in [3.05, 3.63) is 24.3 Å². The highest BCUT2D eigenvalue weighted by Gasteiger charge is 2.36. The molecule has 2 amide bonds. The molecular formula is C15H17N5O2. The van der Waals surface area contributed by atoms with Crippen LogP contribution in [0.5, 0.6) is 0 Å². The van der Waals surface area contributed by atoms with Crippen LogP contribution in [0, 0.1) is 0 Å². The summed E-state index contributed by atoms with van der Waals surface area (Å²) in [4.78, 5) is 28.1. The maximum Gasteiger partial charge on any atom is 0.244 e. The van der Waals surface area contributed by atoms with Crippen molar-refractivity contribution >= 4 is 22.8 Å². The molecule has 1 aromatic heterocycles. The number of benzene rings is 1. The van der Waals surface area contributed by atoms with Gasteiger partial charge in [0, 0.05) is 19.1 Å². The third-order valence-corrected chi connectivity index (χ3v) is 4.30.